The third-order valence-electron chi connectivity index (χ3n) is 5.69. The van der Waals surface area contributed by atoms with Crippen LogP contribution in [0.25, 0.3) is 10.9 Å². The van der Waals surface area contributed by atoms with Crippen LogP contribution >= 0.6 is 0 Å². The zero-order valence-electron chi connectivity index (χ0n) is 18.1. The smallest absolute Gasteiger partial charge is 0.275 e. The highest BCUT2D eigenvalue weighted by Gasteiger charge is 2.29. The molecule has 2 fully saturated rings. The van der Waals surface area contributed by atoms with E-state index >= 15 is 0 Å². The number of aryl methyl sites for hydroxylation is 1. The van der Waals surface area contributed by atoms with Crippen LogP contribution in [0.3, 0.4) is 0 Å². The van der Waals surface area contributed by atoms with E-state index in [-0.39, 0.29) is 11.4 Å². The molecule has 0 bridgehead atoms. The van der Waals surface area contributed by atoms with Gasteiger partial charge in [0.05, 0.1) is 23.6 Å². The van der Waals surface area contributed by atoms with Gasteiger partial charge in [-0.1, -0.05) is 0 Å². The number of nitrogens with zero attached hydrogens (tertiary/aromatic N) is 5. The van der Waals surface area contributed by atoms with Crippen molar-refractivity contribution < 1.29 is 13.9 Å². The van der Waals surface area contributed by atoms with Gasteiger partial charge in [0.25, 0.3) is 5.91 Å². The van der Waals surface area contributed by atoms with Gasteiger partial charge in [-0.05, 0) is 25.3 Å². The van der Waals surface area contributed by atoms with Crippen molar-refractivity contribution in [3.05, 3.63) is 36.4 Å². The molecule has 2 atom stereocenters. The average Bonchev–Trinajstić information content (AvgIpc) is 3.31. The summed E-state index contributed by atoms with van der Waals surface area (Å²) in [5.74, 6) is 0.516. The molecule has 2 aromatic heterocycles. The molecule has 2 aliphatic rings. The van der Waals surface area contributed by atoms with Gasteiger partial charge in [-0.25, -0.2) is 14.4 Å². The SMILES string of the molecule is CC(F)Oc1cc2nn(C)cc2cc1NC(=O)c1cnc(N2CC[C@@H](NC3CC3)C2)cn1. The second-order valence-electron chi connectivity index (χ2n) is 8.46. The van der Waals surface area contributed by atoms with Crippen molar-refractivity contribution in [2.45, 2.75) is 44.6 Å². The van der Waals surface area contributed by atoms with E-state index in [0.717, 1.165) is 30.7 Å². The Kier molecular flexibility index (Phi) is 5.38. The topological polar surface area (TPSA) is 97.2 Å². The first-order valence-electron chi connectivity index (χ1n) is 10.9. The third-order valence-corrected chi connectivity index (χ3v) is 5.69. The molecule has 3 heterocycles. The van der Waals surface area contributed by atoms with Crippen LogP contribution in [0.4, 0.5) is 15.9 Å². The fourth-order valence-corrected chi connectivity index (χ4v) is 4.02. The summed E-state index contributed by atoms with van der Waals surface area (Å²) in [6, 6.07) is 4.47. The minimum Gasteiger partial charge on any atom is -0.458 e. The van der Waals surface area contributed by atoms with Gasteiger partial charge in [-0.15, -0.1) is 0 Å². The van der Waals surface area contributed by atoms with Gasteiger partial charge in [0, 0.05) is 56.8 Å². The van der Waals surface area contributed by atoms with E-state index in [1.165, 1.54) is 26.0 Å². The number of anilines is 2. The number of halogens is 1. The number of alkyl halides is 1. The molecule has 3 aromatic rings. The number of carbonyl (C=O) groups is 1. The highest BCUT2D eigenvalue weighted by molar-refractivity contribution is 6.04. The van der Waals surface area contributed by atoms with Crippen LogP contribution in [-0.2, 0) is 7.05 Å². The Bertz CT molecular complexity index is 1130. The zero-order chi connectivity index (χ0) is 22.2. The molecule has 0 radical (unpaired) electrons. The molecule has 1 aliphatic carbocycles. The Morgan fingerprint density at radius 3 is 2.78 bits per heavy atom. The number of nitrogens with one attached hydrogen (secondary N) is 2. The summed E-state index contributed by atoms with van der Waals surface area (Å²) in [6.07, 6.45) is 6.98. The second kappa shape index (κ2) is 8.34. The van der Waals surface area contributed by atoms with Crippen LogP contribution in [0, 0.1) is 0 Å². The summed E-state index contributed by atoms with van der Waals surface area (Å²) in [7, 11) is 1.79. The van der Waals surface area contributed by atoms with Crippen LogP contribution in [0.5, 0.6) is 5.75 Å². The molecule has 0 spiro atoms. The molecule has 168 valence electrons. The number of rotatable bonds is 7. The highest BCUT2D eigenvalue weighted by Crippen LogP contribution is 2.31. The first-order valence-corrected chi connectivity index (χ1v) is 10.9. The maximum atomic E-state index is 13.5. The quantitative estimate of drug-likeness (QED) is 0.584. The minimum atomic E-state index is -1.54. The van der Waals surface area contributed by atoms with E-state index in [2.05, 4.69) is 30.6 Å². The molecule has 1 unspecified atom stereocenters. The molecule has 1 amide bonds. The van der Waals surface area contributed by atoms with E-state index < -0.39 is 12.3 Å². The van der Waals surface area contributed by atoms with E-state index in [4.69, 9.17) is 4.74 Å². The maximum Gasteiger partial charge on any atom is 0.275 e. The van der Waals surface area contributed by atoms with Gasteiger partial charge in [0.1, 0.15) is 17.3 Å². The fraction of sp³-hybridized carbons (Fsp3) is 0.455. The number of carbonyl (C=O) groups excluding carboxylic acids is 1. The number of amides is 1. The number of benzene rings is 1. The van der Waals surface area contributed by atoms with E-state index in [1.54, 1.807) is 30.1 Å². The van der Waals surface area contributed by atoms with Crippen molar-refractivity contribution in [2.75, 3.05) is 23.3 Å². The molecule has 5 rings (SSSR count). The Labute approximate surface area is 185 Å². The van der Waals surface area contributed by atoms with Crippen LogP contribution in [0.15, 0.2) is 30.7 Å². The number of aromatic nitrogens is 4. The summed E-state index contributed by atoms with van der Waals surface area (Å²) >= 11 is 0. The monoisotopic (exact) mass is 439 g/mol. The number of hydrogen-bond donors (Lipinski definition) is 2. The summed E-state index contributed by atoms with van der Waals surface area (Å²) in [6.45, 7) is 3.09. The van der Waals surface area contributed by atoms with Crippen LogP contribution < -0.4 is 20.3 Å². The lowest BCUT2D eigenvalue weighted by Gasteiger charge is -2.18. The molecule has 1 saturated carbocycles. The van der Waals surface area contributed by atoms with Crippen molar-refractivity contribution in [3.8, 4) is 5.75 Å². The maximum absolute atomic E-state index is 13.5. The van der Waals surface area contributed by atoms with Gasteiger partial charge in [-0.3, -0.25) is 9.48 Å². The second-order valence-corrected chi connectivity index (χ2v) is 8.46. The van der Waals surface area contributed by atoms with E-state index in [0.29, 0.717) is 23.3 Å². The fourth-order valence-electron chi connectivity index (χ4n) is 4.02. The van der Waals surface area contributed by atoms with Crippen LogP contribution in [0.1, 0.15) is 36.7 Å². The summed E-state index contributed by atoms with van der Waals surface area (Å²) in [5, 5.41) is 11.5. The lowest BCUT2D eigenvalue weighted by molar-refractivity contribution is 0.0863. The molecular formula is C22H26FN7O2. The lowest BCUT2D eigenvalue weighted by atomic mass is 10.2. The first kappa shape index (κ1) is 20.6. The van der Waals surface area contributed by atoms with Gasteiger partial charge in [0.15, 0.2) is 0 Å². The third kappa shape index (κ3) is 4.50. The van der Waals surface area contributed by atoms with Crippen molar-refractivity contribution in [3.63, 3.8) is 0 Å². The molecular weight excluding hydrogens is 413 g/mol. The minimum absolute atomic E-state index is 0.172. The van der Waals surface area contributed by atoms with Crippen molar-refractivity contribution in [1.82, 2.24) is 25.1 Å². The molecule has 1 aliphatic heterocycles. The average molecular weight is 439 g/mol. The molecule has 1 saturated heterocycles. The van der Waals surface area contributed by atoms with Crippen molar-refractivity contribution in [1.29, 1.82) is 0 Å². The molecule has 10 heteroatoms. The van der Waals surface area contributed by atoms with Crippen molar-refractivity contribution >= 4 is 28.3 Å². The Morgan fingerprint density at radius 1 is 1.22 bits per heavy atom. The molecule has 9 nitrogen and oxygen atoms in total. The van der Waals surface area contributed by atoms with E-state index in [9.17, 15) is 9.18 Å². The summed E-state index contributed by atoms with van der Waals surface area (Å²) < 4.78 is 20.4. The van der Waals surface area contributed by atoms with Crippen LogP contribution in [0.2, 0.25) is 0 Å². The predicted octanol–water partition coefficient (Wildman–Crippen LogP) is 2.64. The standard InChI is InChI=1S/C22H26FN7O2/c1-13(23)32-20-8-17-14(11-29(2)28-17)7-18(20)27-22(31)19-9-25-21(10-24-19)30-6-5-16(12-30)26-15-3-4-15/h7-11,13,15-16,26H,3-6,12H2,1-2H3,(H,27,31)/t13?,16-/m1/s1. The number of fused-ring (bicyclic) bond motifs is 1. The predicted molar refractivity (Wildman–Crippen MR) is 119 cm³/mol. The highest BCUT2D eigenvalue weighted by atomic mass is 19.1. The zero-order valence-corrected chi connectivity index (χ0v) is 18.1. The Hall–Kier alpha value is -3.27. The molecule has 32 heavy (non-hydrogen) atoms. The molecule has 1 aromatic carbocycles. The van der Waals surface area contributed by atoms with Crippen molar-refractivity contribution in [2.24, 2.45) is 7.05 Å². The van der Waals surface area contributed by atoms with E-state index in [1.807, 2.05) is 6.20 Å². The molecule has 2 N–H and O–H groups in total. The number of ether oxygens (including phenoxy) is 1. The number of hydrogen-bond acceptors (Lipinski definition) is 7. The lowest BCUT2D eigenvalue weighted by Crippen LogP contribution is -2.34. The normalized spacial score (nSPS) is 19.3. The van der Waals surface area contributed by atoms with Gasteiger partial charge >= 0.3 is 0 Å². The largest absolute Gasteiger partial charge is 0.458 e. The first-order chi connectivity index (χ1) is 15.4. The van der Waals surface area contributed by atoms with Gasteiger partial charge in [-0.2, -0.15) is 5.10 Å². The summed E-state index contributed by atoms with van der Waals surface area (Å²) in [4.78, 5) is 23.7. The van der Waals surface area contributed by atoms with Crippen LogP contribution in [-0.4, -0.2) is 57.2 Å². The Morgan fingerprint density at radius 2 is 2.06 bits per heavy atom. The van der Waals surface area contributed by atoms with Gasteiger partial charge in [0.2, 0.25) is 6.36 Å². The summed E-state index contributed by atoms with van der Waals surface area (Å²) in [5.41, 5.74) is 1.16. The Balaban J connectivity index is 1.29. The van der Waals surface area contributed by atoms with Gasteiger partial charge < -0.3 is 20.3 Å².